The molecule has 104 valence electrons. The molecule has 0 radical (unpaired) electrons. The van der Waals surface area contributed by atoms with Crippen LogP contribution in [0.15, 0.2) is 42.5 Å². The van der Waals surface area contributed by atoms with Crippen molar-refractivity contribution in [3.63, 3.8) is 0 Å². The second-order valence-corrected chi connectivity index (χ2v) is 6.23. The maximum Gasteiger partial charge on any atom is 0.0826 e. The van der Waals surface area contributed by atoms with Gasteiger partial charge in [0.25, 0.3) is 0 Å². The highest BCUT2D eigenvalue weighted by Gasteiger charge is 2.44. The first-order valence-corrected chi connectivity index (χ1v) is 7.45. The first-order chi connectivity index (χ1) is 9.58. The molecule has 0 aromatic heterocycles. The van der Waals surface area contributed by atoms with Crippen molar-refractivity contribution in [2.45, 2.75) is 32.3 Å². The molecule has 0 saturated heterocycles. The van der Waals surface area contributed by atoms with Crippen LogP contribution in [-0.4, -0.2) is 5.11 Å². The summed E-state index contributed by atoms with van der Waals surface area (Å²) in [5, 5.41) is 11.4. The average Bonchev–Trinajstić information content (AvgIpc) is 3.23. The molecule has 0 amide bonds. The number of halogens is 1. The minimum absolute atomic E-state index is 0.330. The molecule has 1 saturated carbocycles. The molecule has 2 aromatic carbocycles. The first-order valence-electron chi connectivity index (χ1n) is 7.07. The van der Waals surface area contributed by atoms with Gasteiger partial charge in [-0.05, 0) is 60.4 Å². The molecule has 3 atom stereocenters. The quantitative estimate of drug-likeness (QED) is 0.860. The molecular weight excluding hydrogens is 268 g/mol. The Morgan fingerprint density at radius 3 is 2.50 bits per heavy atom. The number of benzene rings is 2. The van der Waals surface area contributed by atoms with Crippen LogP contribution >= 0.6 is 11.6 Å². The molecule has 0 bridgehead atoms. The number of aliphatic hydroxyl groups excluding tert-OH is 1. The van der Waals surface area contributed by atoms with Crippen LogP contribution in [0.2, 0.25) is 5.02 Å². The van der Waals surface area contributed by atoms with Crippen LogP contribution < -0.4 is 0 Å². The first kappa shape index (κ1) is 13.7. The predicted molar refractivity (Wildman–Crippen MR) is 83.2 cm³/mol. The van der Waals surface area contributed by atoms with E-state index in [9.17, 15) is 5.11 Å². The van der Waals surface area contributed by atoms with Crippen LogP contribution in [-0.2, 0) is 0 Å². The molecule has 1 fully saturated rings. The summed E-state index contributed by atoms with van der Waals surface area (Å²) in [6.07, 6.45) is 0.669. The monoisotopic (exact) mass is 286 g/mol. The van der Waals surface area contributed by atoms with Crippen molar-refractivity contribution in [3.8, 4) is 0 Å². The highest BCUT2D eigenvalue weighted by molar-refractivity contribution is 6.31. The number of rotatable bonds is 3. The largest absolute Gasteiger partial charge is 0.388 e. The maximum absolute atomic E-state index is 10.6. The topological polar surface area (TPSA) is 20.2 Å². The molecule has 0 heterocycles. The van der Waals surface area contributed by atoms with E-state index in [0.717, 1.165) is 28.1 Å². The van der Waals surface area contributed by atoms with Gasteiger partial charge in [0, 0.05) is 5.02 Å². The summed E-state index contributed by atoms with van der Waals surface area (Å²) in [5.41, 5.74) is 4.46. The standard InChI is InChI=1S/C18H19ClO/c1-11-9-17(19)12(2)8-14(11)18(20)16-10-15(16)13-6-4-3-5-7-13/h3-9,15-16,18,20H,10H2,1-2H3. The van der Waals surface area contributed by atoms with Crippen molar-refractivity contribution >= 4 is 11.6 Å². The summed E-state index contributed by atoms with van der Waals surface area (Å²) < 4.78 is 0. The number of aliphatic hydroxyl groups is 1. The van der Waals surface area contributed by atoms with Crippen LogP contribution in [0.1, 0.15) is 40.7 Å². The van der Waals surface area contributed by atoms with Gasteiger partial charge >= 0.3 is 0 Å². The van der Waals surface area contributed by atoms with Crippen molar-refractivity contribution in [1.82, 2.24) is 0 Å². The fraction of sp³-hybridized carbons (Fsp3) is 0.333. The normalized spacial score (nSPS) is 22.6. The van der Waals surface area contributed by atoms with Gasteiger partial charge in [0.05, 0.1) is 6.10 Å². The molecule has 0 aliphatic heterocycles. The van der Waals surface area contributed by atoms with E-state index in [2.05, 4.69) is 24.3 Å². The van der Waals surface area contributed by atoms with Gasteiger partial charge < -0.3 is 5.11 Å². The van der Waals surface area contributed by atoms with Crippen LogP contribution in [0.3, 0.4) is 0 Å². The van der Waals surface area contributed by atoms with Gasteiger partial charge in [0.15, 0.2) is 0 Å². The van der Waals surface area contributed by atoms with E-state index >= 15 is 0 Å². The minimum atomic E-state index is -0.392. The Kier molecular flexibility index (Phi) is 3.57. The Morgan fingerprint density at radius 2 is 1.80 bits per heavy atom. The van der Waals surface area contributed by atoms with E-state index in [4.69, 9.17) is 11.6 Å². The number of hydrogen-bond donors (Lipinski definition) is 1. The average molecular weight is 287 g/mol. The van der Waals surface area contributed by atoms with E-state index in [1.807, 2.05) is 32.0 Å². The van der Waals surface area contributed by atoms with Crippen molar-refractivity contribution in [3.05, 3.63) is 69.7 Å². The molecule has 1 N–H and O–H groups in total. The Morgan fingerprint density at radius 1 is 1.10 bits per heavy atom. The smallest absolute Gasteiger partial charge is 0.0826 e. The predicted octanol–water partition coefficient (Wildman–Crippen LogP) is 4.79. The third-order valence-electron chi connectivity index (χ3n) is 4.34. The van der Waals surface area contributed by atoms with E-state index in [0.29, 0.717) is 11.8 Å². The molecule has 20 heavy (non-hydrogen) atoms. The third-order valence-corrected chi connectivity index (χ3v) is 4.75. The van der Waals surface area contributed by atoms with Crippen LogP contribution in [0.4, 0.5) is 0 Å². The lowest BCUT2D eigenvalue weighted by atomic mass is 9.96. The summed E-state index contributed by atoms with van der Waals surface area (Å²) >= 11 is 6.13. The summed E-state index contributed by atoms with van der Waals surface area (Å²) in [5.74, 6) is 0.818. The molecule has 0 spiro atoms. The fourth-order valence-electron chi connectivity index (χ4n) is 3.00. The Hall–Kier alpha value is -1.31. The van der Waals surface area contributed by atoms with Crippen molar-refractivity contribution in [2.75, 3.05) is 0 Å². The number of aryl methyl sites for hydroxylation is 2. The van der Waals surface area contributed by atoms with Gasteiger partial charge in [0.2, 0.25) is 0 Å². The van der Waals surface area contributed by atoms with Gasteiger partial charge in [-0.3, -0.25) is 0 Å². The SMILES string of the molecule is Cc1cc(C(O)C2CC2c2ccccc2)c(C)cc1Cl. The van der Waals surface area contributed by atoms with E-state index < -0.39 is 6.10 Å². The number of hydrogen-bond acceptors (Lipinski definition) is 1. The fourth-order valence-corrected chi connectivity index (χ4v) is 3.22. The molecule has 3 unspecified atom stereocenters. The lowest BCUT2D eigenvalue weighted by molar-refractivity contribution is 0.150. The van der Waals surface area contributed by atoms with Crippen LogP contribution in [0, 0.1) is 19.8 Å². The van der Waals surface area contributed by atoms with Gasteiger partial charge in [-0.2, -0.15) is 0 Å². The van der Waals surface area contributed by atoms with Gasteiger partial charge in [-0.25, -0.2) is 0 Å². The van der Waals surface area contributed by atoms with E-state index in [1.165, 1.54) is 5.56 Å². The molecular formula is C18H19ClO. The van der Waals surface area contributed by atoms with Crippen molar-refractivity contribution in [2.24, 2.45) is 5.92 Å². The zero-order valence-electron chi connectivity index (χ0n) is 11.8. The Labute approximate surface area is 125 Å². The molecule has 1 aliphatic carbocycles. The van der Waals surface area contributed by atoms with Gasteiger partial charge in [-0.15, -0.1) is 0 Å². The van der Waals surface area contributed by atoms with Gasteiger partial charge in [0.1, 0.15) is 0 Å². The summed E-state index contributed by atoms with van der Waals surface area (Å²) in [6, 6.07) is 14.4. The second kappa shape index (κ2) is 5.23. The summed E-state index contributed by atoms with van der Waals surface area (Å²) in [6.45, 7) is 4.00. The molecule has 2 aromatic rings. The highest BCUT2D eigenvalue weighted by atomic mass is 35.5. The lowest BCUT2D eigenvalue weighted by Crippen LogP contribution is -2.04. The van der Waals surface area contributed by atoms with Crippen LogP contribution in [0.25, 0.3) is 0 Å². The maximum atomic E-state index is 10.6. The van der Waals surface area contributed by atoms with Gasteiger partial charge in [-0.1, -0.05) is 48.0 Å². The highest BCUT2D eigenvalue weighted by Crippen LogP contribution is 2.54. The Bertz CT molecular complexity index is 621. The second-order valence-electron chi connectivity index (χ2n) is 5.82. The molecule has 1 aliphatic rings. The minimum Gasteiger partial charge on any atom is -0.388 e. The lowest BCUT2D eigenvalue weighted by Gasteiger charge is -2.15. The zero-order chi connectivity index (χ0) is 14.3. The van der Waals surface area contributed by atoms with Crippen molar-refractivity contribution in [1.29, 1.82) is 0 Å². The molecule has 2 heteroatoms. The molecule has 1 nitrogen and oxygen atoms in total. The zero-order valence-corrected chi connectivity index (χ0v) is 12.6. The molecule has 3 rings (SSSR count). The summed E-state index contributed by atoms with van der Waals surface area (Å²) in [7, 11) is 0. The van der Waals surface area contributed by atoms with Crippen molar-refractivity contribution < 1.29 is 5.11 Å². The Balaban J connectivity index is 1.82. The summed E-state index contributed by atoms with van der Waals surface area (Å²) in [4.78, 5) is 0. The third kappa shape index (κ3) is 2.48. The van der Waals surface area contributed by atoms with E-state index in [-0.39, 0.29) is 0 Å². The van der Waals surface area contributed by atoms with Crippen LogP contribution in [0.5, 0.6) is 0 Å². The van der Waals surface area contributed by atoms with E-state index in [1.54, 1.807) is 0 Å².